The second-order valence-electron chi connectivity index (χ2n) is 8.08. The predicted octanol–water partition coefficient (Wildman–Crippen LogP) is 3.34. The van der Waals surface area contributed by atoms with E-state index in [4.69, 9.17) is 4.74 Å². The summed E-state index contributed by atoms with van der Waals surface area (Å²) >= 11 is 0. The van der Waals surface area contributed by atoms with Gasteiger partial charge in [0, 0.05) is 32.4 Å². The standard InChI is InChI=1S/C26H23FN4O3/c27-20-7-5-6-19(16-20)17-23-26(33)31(21-8-1-2-9-22(21)34-23)18-25(32)30-14-12-29(13-15-30)24-10-3-4-11-28-24/h1-11,16-17H,12-15,18H2. The Morgan fingerprint density at radius 2 is 1.79 bits per heavy atom. The summed E-state index contributed by atoms with van der Waals surface area (Å²) in [6.45, 7) is 2.31. The fourth-order valence-corrected chi connectivity index (χ4v) is 4.13. The molecule has 0 bridgehead atoms. The lowest BCUT2D eigenvalue weighted by Crippen LogP contribution is -2.52. The number of hydrogen-bond donors (Lipinski definition) is 0. The third-order valence-corrected chi connectivity index (χ3v) is 5.88. The van der Waals surface area contributed by atoms with Crippen LogP contribution in [0, 0.1) is 5.82 Å². The summed E-state index contributed by atoms with van der Waals surface area (Å²) in [4.78, 5) is 36.2. The van der Waals surface area contributed by atoms with Crippen LogP contribution in [0.15, 0.2) is 78.7 Å². The number of hydrogen-bond acceptors (Lipinski definition) is 5. The minimum absolute atomic E-state index is 0.0390. The molecule has 0 saturated carbocycles. The molecule has 1 fully saturated rings. The number of nitrogens with zero attached hydrogens (tertiary/aromatic N) is 4. The lowest BCUT2D eigenvalue weighted by Gasteiger charge is -2.37. The van der Waals surface area contributed by atoms with Gasteiger partial charge in [0.2, 0.25) is 5.91 Å². The highest BCUT2D eigenvalue weighted by molar-refractivity contribution is 6.12. The lowest BCUT2D eigenvalue weighted by atomic mass is 10.1. The van der Waals surface area contributed by atoms with Gasteiger partial charge in [-0.25, -0.2) is 9.37 Å². The van der Waals surface area contributed by atoms with Crippen molar-refractivity contribution < 1.29 is 18.7 Å². The van der Waals surface area contributed by atoms with E-state index in [1.807, 2.05) is 18.2 Å². The highest BCUT2D eigenvalue weighted by Gasteiger charge is 2.33. The molecule has 0 unspecified atom stereocenters. The Balaban J connectivity index is 1.33. The predicted molar refractivity (Wildman–Crippen MR) is 127 cm³/mol. The summed E-state index contributed by atoms with van der Waals surface area (Å²) in [6.07, 6.45) is 3.24. The Kier molecular flexibility index (Phi) is 5.95. The highest BCUT2D eigenvalue weighted by Crippen LogP contribution is 2.35. The Labute approximate surface area is 196 Å². The minimum Gasteiger partial charge on any atom is -0.449 e. The molecule has 2 aliphatic heterocycles. The minimum atomic E-state index is -0.441. The molecule has 5 rings (SSSR count). The number of ether oxygens (including phenoxy) is 1. The molecule has 7 nitrogen and oxygen atoms in total. The molecule has 172 valence electrons. The van der Waals surface area contributed by atoms with Crippen LogP contribution < -0.4 is 14.5 Å². The zero-order valence-electron chi connectivity index (χ0n) is 18.4. The van der Waals surface area contributed by atoms with Crippen molar-refractivity contribution in [2.45, 2.75) is 0 Å². The largest absolute Gasteiger partial charge is 0.449 e. The smallest absolute Gasteiger partial charge is 0.294 e. The monoisotopic (exact) mass is 458 g/mol. The van der Waals surface area contributed by atoms with Gasteiger partial charge in [0.1, 0.15) is 18.2 Å². The van der Waals surface area contributed by atoms with Gasteiger partial charge in [0.25, 0.3) is 5.91 Å². The molecule has 2 amide bonds. The van der Waals surface area contributed by atoms with E-state index in [-0.39, 0.29) is 18.2 Å². The van der Waals surface area contributed by atoms with Crippen LogP contribution >= 0.6 is 0 Å². The van der Waals surface area contributed by atoms with Crippen LogP contribution in [-0.4, -0.2) is 54.4 Å². The summed E-state index contributed by atoms with van der Waals surface area (Å²) in [5, 5.41) is 0. The summed E-state index contributed by atoms with van der Waals surface area (Å²) in [7, 11) is 0. The van der Waals surface area contributed by atoms with E-state index in [2.05, 4.69) is 9.88 Å². The Morgan fingerprint density at radius 1 is 1.00 bits per heavy atom. The van der Waals surface area contributed by atoms with Crippen molar-refractivity contribution in [3.8, 4) is 5.75 Å². The molecule has 8 heteroatoms. The molecule has 1 saturated heterocycles. The van der Waals surface area contributed by atoms with E-state index < -0.39 is 11.7 Å². The number of piperazine rings is 1. The second-order valence-corrected chi connectivity index (χ2v) is 8.08. The van der Waals surface area contributed by atoms with E-state index in [1.165, 1.54) is 23.1 Å². The van der Waals surface area contributed by atoms with E-state index in [0.717, 1.165) is 5.82 Å². The number of benzene rings is 2. The molecule has 0 spiro atoms. The molecular weight excluding hydrogens is 435 g/mol. The number of rotatable bonds is 4. The van der Waals surface area contributed by atoms with E-state index in [9.17, 15) is 14.0 Å². The summed E-state index contributed by atoms with van der Waals surface area (Å²) in [5.74, 6) is 0.405. The van der Waals surface area contributed by atoms with Crippen molar-refractivity contribution in [1.82, 2.24) is 9.88 Å². The molecule has 0 N–H and O–H groups in total. The fourth-order valence-electron chi connectivity index (χ4n) is 4.13. The maximum atomic E-state index is 13.6. The number of pyridine rings is 1. The average molecular weight is 458 g/mol. The lowest BCUT2D eigenvalue weighted by molar-refractivity contribution is -0.131. The molecule has 3 heterocycles. The maximum Gasteiger partial charge on any atom is 0.294 e. The van der Waals surface area contributed by atoms with Crippen LogP contribution in [-0.2, 0) is 9.59 Å². The molecule has 1 aromatic heterocycles. The first kappa shape index (κ1) is 21.6. The average Bonchev–Trinajstić information content (AvgIpc) is 2.87. The summed E-state index contributed by atoms with van der Waals surface area (Å²) in [6, 6.07) is 18.7. The van der Waals surface area contributed by atoms with Crippen molar-refractivity contribution in [2.24, 2.45) is 0 Å². The van der Waals surface area contributed by atoms with Gasteiger partial charge in [0.15, 0.2) is 11.5 Å². The first-order valence-electron chi connectivity index (χ1n) is 11.1. The van der Waals surface area contributed by atoms with Crippen molar-refractivity contribution in [1.29, 1.82) is 0 Å². The molecular formula is C26H23FN4O3. The Bertz CT molecular complexity index is 1240. The quantitative estimate of drug-likeness (QED) is 0.561. The first-order valence-corrected chi connectivity index (χ1v) is 11.1. The van der Waals surface area contributed by atoms with Crippen molar-refractivity contribution in [3.63, 3.8) is 0 Å². The van der Waals surface area contributed by atoms with Gasteiger partial charge in [-0.15, -0.1) is 0 Å². The number of halogens is 1. The number of para-hydroxylation sites is 2. The molecule has 2 aliphatic rings. The zero-order chi connectivity index (χ0) is 23.5. The van der Waals surface area contributed by atoms with Gasteiger partial charge < -0.3 is 14.5 Å². The molecule has 2 aromatic carbocycles. The van der Waals surface area contributed by atoms with Gasteiger partial charge >= 0.3 is 0 Å². The fraction of sp³-hybridized carbons (Fsp3) is 0.192. The van der Waals surface area contributed by atoms with Crippen LogP contribution in [0.25, 0.3) is 6.08 Å². The van der Waals surface area contributed by atoms with Gasteiger partial charge in [-0.2, -0.15) is 0 Å². The van der Waals surface area contributed by atoms with Crippen LogP contribution in [0.3, 0.4) is 0 Å². The van der Waals surface area contributed by atoms with Gasteiger partial charge in [-0.1, -0.05) is 30.3 Å². The number of anilines is 2. The second kappa shape index (κ2) is 9.35. The van der Waals surface area contributed by atoms with Crippen molar-refractivity contribution in [2.75, 3.05) is 42.5 Å². The Hall–Kier alpha value is -4.20. The molecule has 0 atom stereocenters. The van der Waals surface area contributed by atoms with Crippen LogP contribution in [0.1, 0.15) is 5.56 Å². The number of carbonyl (C=O) groups excluding carboxylic acids is 2. The molecule has 34 heavy (non-hydrogen) atoms. The van der Waals surface area contributed by atoms with E-state index in [0.29, 0.717) is 43.2 Å². The van der Waals surface area contributed by atoms with Crippen molar-refractivity contribution in [3.05, 3.63) is 90.1 Å². The third-order valence-electron chi connectivity index (χ3n) is 5.88. The van der Waals surface area contributed by atoms with Gasteiger partial charge in [0.05, 0.1) is 5.69 Å². The van der Waals surface area contributed by atoms with Crippen LogP contribution in [0.4, 0.5) is 15.9 Å². The number of fused-ring (bicyclic) bond motifs is 1. The van der Waals surface area contributed by atoms with Gasteiger partial charge in [-0.3, -0.25) is 14.5 Å². The van der Waals surface area contributed by atoms with Crippen molar-refractivity contribution >= 4 is 29.4 Å². The van der Waals surface area contributed by atoms with Gasteiger partial charge in [-0.05, 0) is 48.0 Å². The molecule has 0 aliphatic carbocycles. The normalized spacial score (nSPS) is 16.9. The first-order chi connectivity index (χ1) is 16.6. The van der Waals surface area contributed by atoms with E-state index in [1.54, 1.807) is 47.5 Å². The number of carbonyl (C=O) groups is 2. The number of aromatic nitrogens is 1. The molecule has 3 aromatic rings. The van der Waals surface area contributed by atoms with Crippen LogP contribution in [0.2, 0.25) is 0 Å². The topological polar surface area (TPSA) is 66.0 Å². The zero-order valence-corrected chi connectivity index (χ0v) is 18.4. The summed E-state index contributed by atoms with van der Waals surface area (Å²) < 4.78 is 19.4. The third kappa shape index (κ3) is 4.47. The molecule has 0 radical (unpaired) electrons. The number of amides is 2. The highest BCUT2D eigenvalue weighted by atomic mass is 19.1. The van der Waals surface area contributed by atoms with E-state index >= 15 is 0 Å². The Morgan fingerprint density at radius 3 is 2.56 bits per heavy atom. The van der Waals surface area contributed by atoms with Crippen LogP contribution in [0.5, 0.6) is 5.75 Å². The maximum absolute atomic E-state index is 13.6. The summed E-state index contributed by atoms with van der Waals surface area (Å²) in [5.41, 5.74) is 1.03. The SMILES string of the molecule is O=C(CN1C(=O)C(=Cc2cccc(F)c2)Oc2ccccc21)N1CCN(c2ccccn2)CC1.